The van der Waals surface area contributed by atoms with Gasteiger partial charge in [-0.3, -0.25) is 4.98 Å². The fraction of sp³-hybridized carbons (Fsp3) is 0.214. The van der Waals surface area contributed by atoms with Gasteiger partial charge in [0.25, 0.3) is 0 Å². The molecule has 6 heteroatoms. The summed E-state index contributed by atoms with van der Waals surface area (Å²) in [7, 11) is 0. The van der Waals surface area contributed by atoms with Crippen molar-refractivity contribution in [2.75, 3.05) is 18.4 Å². The minimum absolute atomic E-state index is 0.569. The van der Waals surface area contributed by atoms with Crippen molar-refractivity contribution in [3.8, 4) is 11.3 Å². The third kappa shape index (κ3) is 2.33. The first-order chi connectivity index (χ1) is 9.78. The largest absolute Gasteiger partial charge is 0.369 e. The van der Waals surface area contributed by atoms with E-state index in [-0.39, 0.29) is 0 Å². The van der Waals surface area contributed by atoms with Gasteiger partial charge in [0.05, 0.1) is 5.69 Å². The molecule has 0 radical (unpaired) electrons. The molecule has 0 spiro atoms. The average Bonchev–Trinajstić information content (AvgIpc) is 2.89. The topological polar surface area (TPSA) is 81.1 Å². The Balaban J connectivity index is 2.10. The van der Waals surface area contributed by atoms with Crippen molar-refractivity contribution in [1.82, 2.24) is 19.6 Å². The number of anilines is 1. The van der Waals surface area contributed by atoms with Crippen LogP contribution in [0, 0.1) is 6.92 Å². The molecule has 0 unspecified atom stereocenters. The minimum atomic E-state index is 0.569. The molecule has 0 saturated heterocycles. The molecular weight excluding hydrogens is 252 g/mol. The van der Waals surface area contributed by atoms with Crippen LogP contribution < -0.4 is 11.1 Å². The third-order valence-corrected chi connectivity index (χ3v) is 2.96. The van der Waals surface area contributed by atoms with E-state index in [1.807, 2.05) is 31.2 Å². The maximum Gasteiger partial charge on any atom is 0.158 e. The number of aromatic nitrogens is 4. The van der Waals surface area contributed by atoms with E-state index in [1.54, 1.807) is 16.9 Å². The summed E-state index contributed by atoms with van der Waals surface area (Å²) < 4.78 is 1.80. The lowest BCUT2D eigenvalue weighted by Gasteiger charge is -2.07. The Labute approximate surface area is 116 Å². The fourth-order valence-electron chi connectivity index (χ4n) is 2.08. The molecule has 20 heavy (non-hydrogen) atoms. The zero-order chi connectivity index (χ0) is 13.9. The zero-order valence-electron chi connectivity index (χ0n) is 11.2. The predicted octanol–water partition coefficient (Wildman–Crippen LogP) is 1.47. The van der Waals surface area contributed by atoms with Gasteiger partial charge in [-0.2, -0.15) is 9.61 Å². The van der Waals surface area contributed by atoms with Crippen molar-refractivity contribution in [1.29, 1.82) is 0 Å². The first-order valence-electron chi connectivity index (χ1n) is 6.49. The van der Waals surface area contributed by atoms with Crippen LogP contribution in [0.3, 0.4) is 0 Å². The number of nitrogens with zero attached hydrogens (tertiary/aromatic N) is 4. The molecule has 3 aromatic rings. The van der Waals surface area contributed by atoms with Crippen molar-refractivity contribution in [2.24, 2.45) is 5.73 Å². The Kier molecular flexibility index (Phi) is 3.30. The van der Waals surface area contributed by atoms with E-state index in [0.29, 0.717) is 13.1 Å². The van der Waals surface area contributed by atoms with Gasteiger partial charge < -0.3 is 11.1 Å². The Bertz CT molecular complexity index is 719. The number of nitrogens with two attached hydrogens (primary N) is 1. The highest BCUT2D eigenvalue weighted by Gasteiger charge is 2.09. The second kappa shape index (κ2) is 5.26. The Hall–Kier alpha value is -2.47. The minimum Gasteiger partial charge on any atom is -0.369 e. The van der Waals surface area contributed by atoms with Crippen LogP contribution in [0.2, 0.25) is 0 Å². The van der Waals surface area contributed by atoms with Gasteiger partial charge in [-0.05, 0) is 19.1 Å². The molecule has 0 aliphatic carbocycles. The van der Waals surface area contributed by atoms with Gasteiger partial charge in [0.2, 0.25) is 0 Å². The fourth-order valence-corrected chi connectivity index (χ4v) is 2.08. The number of hydrogen-bond acceptors (Lipinski definition) is 5. The quantitative estimate of drug-likeness (QED) is 0.749. The summed E-state index contributed by atoms with van der Waals surface area (Å²) in [6, 6.07) is 7.79. The summed E-state index contributed by atoms with van der Waals surface area (Å²) in [4.78, 5) is 8.62. The average molecular weight is 268 g/mol. The highest BCUT2D eigenvalue weighted by atomic mass is 15.3. The molecule has 0 bridgehead atoms. The van der Waals surface area contributed by atoms with Crippen LogP contribution in [0.5, 0.6) is 0 Å². The maximum atomic E-state index is 5.54. The van der Waals surface area contributed by atoms with Crippen LogP contribution >= 0.6 is 0 Å². The van der Waals surface area contributed by atoms with E-state index in [1.165, 1.54) is 0 Å². The second-order valence-electron chi connectivity index (χ2n) is 4.54. The number of fused-ring (bicyclic) bond motifs is 1. The maximum absolute atomic E-state index is 5.54. The lowest BCUT2D eigenvalue weighted by molar-refractivity contribution is 0.911. The number of rotatable bonds is 4. The Morgan fingerprint density at radius 3 is 3.00 bits per heavy atom. The summed E-state index contributed by atoms with van der Waals surface area (Å²) in [5.41, 5.74) is 9.11. The van der Waals surface area contributed by atoms with Crippen LogP contribution in [0.1, 0.15) is 5.69 Å². The third-order valence-electron chi connectivity index (χ3n) is 2.96. The van der Waals surface area contributed by atoms with Gasteiger partial charge in [-0.25, -0.2) is 4.98 Å². The van der Waals surface area contributed by atoms with E-state index in [0.717, 1.165) is 28.4 Å². The van der Waals surface area contributed by atoms with Crippen molar-refractivity contribution in [3.63, 3.8) is 0 Å². The number of aryl methyl sites for hydroxylation is 1. The van der Waals surface area contributed by atoms with Crippen LogP contribution in [0.15, 0.2) is 36.7 Å². The normalized spacial score (nSPS) is 10.9. The Morgan fingerprint density at radius 2 is 2.25 bits per heavy atom. The molecule has 0 aliphatic rings. The summed E-state index contributed by atoms with van der Waals surface area (Å²) in [6.45, 7) is 3.23. The molecule has 3 rings (SSSR count). The molecule has 0 amide bonds. The van der Waals surface area contributed by atoms with Crippen molar-refractivity contribution in [2.45, 2.75) is 6.92 Å². The summed E-state index contributed by atoms with van der Waals surface area (Å²) in [5.74, 6) is 0.896. The van der Waals surface area contributed by atoms with Crippen LogP contribution in [-0.2, 0) is 0 Å². The van der Waals surface area contributed by atoms with E-state index < -0.39 is 0 Å². The van der Waals surface area contributed by atoms with E-state index in [9.17, 15) is 0 Å². The SMILES string of the molecule is Cc1cc(NCCN)n2nc(-c3cccnc3)cc2n1. The lowest BCUT2D eigenvalue weighted by atomic mass is 10.2. The summed E-state index contributed by atoms with van der Waals surface area (Å²) in [6.07, 6.45) is 3.54. The summed E-state index contributed by atoms with van der Waals surface area (Å²) in [5, 5.41) is 7.85. The molecule has 3 N–H and O–H groups in total. The second-order valence-corrected chi connectivity index (χ2v) is 4.54. The van der Waals surface area contributed by atoms with E-state index in [2.05, 4.69) is 20.4 Å². The molecule has 6 nitrogen and oxygen atoms in total. The molecule has 0 aliphatic heterocycles. The zero-order valence-corrected chi connectivity index (χ0v) is 11.2. The van der Waals surface area contributed by atoms with Gasteiger partial charge in [-0.1, -0.05) is 0 Å². The Morgan fingerprint density at radius 1 is 1.35 bits per heavy atom. The molecule has 0 atom stereocenters. The highest BCUT2D eigenvalue weighted by Crippen LogP contribution is 2.20. The standard InChI is InChI=1S/C14H16N6/c1-10-7-13(17-6-4-15)20-14(18-10)8-12(19-20)11-3-2-5-16-9-11/h2-3,5,7-9,17H,4,6,15H2,1H3. The first kappa shape index (κ1) is 12.6. The molecule has 0 aromatic carbocycles. The molecule has 0 fully saturated rings. The lowest BCUT2D eigenvalue weighted by Crippen LogP contribution is -2.15. The molecule has 3 heterocycles. The van der Waals surface area contributed by atoms with Gasteiger partial charge in [0, 0.05) is 48.9 Å². The number of hydrogen-bond donors (Lipinski definition) is 2. The van der Waals surface area contributed by atoms with Gasteiger partial charge in [-0.15, -0.1) is 0 Å². The predicted molar refractivity (Wildman–Crippen MR) is 78.5 cm³/mol. The van der Waals surface area contributed by atoms with Crippen molar-refractivity contribution >= 4 is 11.5 Å². The molecule has 0 saturated carbocycles. The highest BCUT2D eigenvalue weighted by molar-refractivity contribution is 5.64. The van der Waals surface area contributed by atoms with Gasteiger partial charge >= 0.3 is 0 Å². The van der Waals surface area contributed by atoms with Gasteiger partial charge in [0.1, 0.15) is 5.82 Å². The van der Waals surface area contributed by atoms with Crippen molar-refractivity contribution < 1.29 is 0 Å². The number of nitrogens with one attached hydrogen (secondary N) is 1. The molecule has 3 aromatic heterocycles. The van der Waals surface area contributed by atoms with Crippen LogP contribution in [0.25, 0.3) is 16.9 Å². The van der Waals surface area contributed by atoms with Crippen LogP contribution in [-0.4, -0.2) is 32.7 Å². The van der Waals surface area contributed by atoms with E-state index in [4.69, 9.17) is 5.73 Å². The van der Waals surface area contributed by atoms with Gasteiger partial charge in [0.15, 0.2) is 5.65 Å². The van der Waals surface area contributed by atoms with Crippen molar-refractivity contribution in [3.05, 3.63) is 42.4 Å². The monoisotopic (exact) mass is 268 g/mol. The van der Waals surface area contributed by atoms with Crippen LogP contribution in [0.4, 0.5) is 5.82 Å². The summed E-state index contributed by atoms with van der Waals surface area (Å²) >= 11 is 0. The van der Waals surface area contributed by atoms with E-state index >= 15 is 0 Å². The number of pyridine rings is 1. The first-order valence-corrected chi connectivity index (χ1v) is 6.49. The smallest absolute Gasteiger partial charge is 0.158 e. The molecule has 102 valence electrons. The molecular formula is C14H16N6.